The first-order valence-electron chi connectivity index (χ1n) is 11.1. The summed E-state index contributed by atoms with van der Waals surface area (Å²) in [7, 11) is 1.78. The summed E-state index contributed by atoms with van der Waals surface area (Å²) in [5.41, 5.74) is 2.66. The zero-order chi connectivity index (χ0) is 24.5. The normalized spacial score (nSPS) is 15.5. The number of para-hydroxylation sites is 1. The van der Waals surface area contributed by atoms with Crippen molar-refractivity contribution < 1.29 is 14.0 Å². The molecular weight excluding hydrogens is 464 g/mol. The van der Waals surface area contributed by atoms with Gasteiger partial charge in [0, 0.05) is 12.6 Å². The summed E-state index contributed by atoms with van der Waals surface area (Å²) in [4.78, 5) is 40.3. The van der Waals surface area contributed by atoms with Crippen LogP contribution in [0.3, 0.4) is 0 Å². The topological polar surface area (TPSA) is 89.5 Å². The van der Waals surface area contributed by atoms with Gasteiger partial charge >= 0.3 is 0 Å². The van der Waals surface area contributed by atoms with E-state index in [0.717, 1.165) is 17.0 Å². The number of furan rings is 1. The molecular formula is C26H24N4O4S. The first-order chi connectivity index (χ1) is 16.9. The van der Waals surface area contributed by atoms with Crippen molar-refractivity contribution in [1.82, 2.24) is 14.3 Å². The molecule has 1 N–H and O–H groups in total. The van der Waals surface area contributed by atoms with Gasteiger partial charge in [0.25, 0.3) is 11.5 Å². The molecule has 0 bridgehead atoms. The number of hydrogen-bond donors (Lipinski definition) is 1. The molecule has 1 aliphatic heterocycles. The highest BCUT2D eigenvalue weighted by Gasteiger charge is 2.33. The quantitative estimate of drug-likeness (QED) is 0.441. The van der Waals surface area contributed by atoms with E-state index in [1.807, 2.05) is 48.5 Å². The number of thioether (sulfide) groups is 1. The van der Waals surface area contributed by atoms with E-state index >= 15 is 0 Å². The molecule has 9 heteroatoms. The monoisotopic (exact) mass is 488 g/mol. The van der Waals surface area contributed by atoms with Crippen molar-refractivity contribution in [2.45, 2.75) is 18.8 Å². The third-order valence-electron chi connectivity index (χ3n) is 6.13. The largest absolute Gasteiger partial charge is 0.467 e. The zero-order valence-electron chi connectivity index (χ0n) is 19.3. The van der Waals surface area contributed by atoms with Crippen molar-refractivity contribution >= 4 is 29.3 Å². The summed E-state index contributed by atoms with van der Waals surface area (Å²) in [6.07, 6.45) is 1.59. The Balaban J connectivity index is 1.35. The SMILES string of the molecule is Cc1c(NC(=O)c2ccc([C@H]3SCC(=O)N3Cc3ccco3)cc2)c(=O)n(-c2ccccc2)n1C. The minimum absolute atomic E-state index is 0.0486. The fraction of sp³-hybridized carbons (Fsp3) is 0.192. The van der Waals surface area contributed by atoms with Gasteiger partial charge in [0.2, 0.25) is 5.91 Å². The number of aromatic nitrogens is 2. The first-order valence-corrected chi connectivity index (χ1v) is 12.2. The molecule has 1 aliphatic rings. The number of amides is 2. The Morgan fingerprint density at radius 1 is 1.06 bits per heavy atom. The van der Waals surface area contributed by atoms with E-state index in [9.17, 15) is 14.4 Å². The van der Waals surface area contributed by atoms with E-state index in [-0.39, 0.29) is 28.4 Å². The van der Waals surface area contributed by atoms with E-state index in [1.165, 1.54) is 4.68 Å². The van der Waals surface area contributed by atoms with Gasteiger partial charge in [0.1, 0.15) is 16.8 Å². The van der Waals surface area contributed by atoms with Crippen LogP contribution in [0.4, 0.5) is 5.69 Å². The predicted octanol–water partition coefficient (Wildman–Crippen LogP) is 4.10. The fourth-order valence-corrected chi connectivity index (χ4v) is 5.36. The molecule has 1 fully saturated rings. The number of rotatable bonds is 6. The summed E-state index contributed by atoms with van der Waals surface area (Å²) in [5, 5.41) is 2.63. The van der Waals surface area contributed by atoms with Crippen molar-refractivity contribution in [2.24, 2.45) is 7.05 Å². The molecule has 4 aromatic rings. The second-order valence-corrected chi connectivity index (χ2v) is 9.35. The van der Waals surface area contributed by atoms with Gasteiger partial charge in [0.15, 0.2) is 0 Å². The third-order valence-corrected chi connectivity index (χ3v) is 7.38. The van der Waals surface area contributed by atoms with Crippen molar-refractivity contribution in [3.63, 3.8) is 0 Å². The van der Waals surface area contributed by atoms with Crippen LogP contribution in [0.5, 0.6) is 0 Å². The van der Waals surface area contributed by atoms with Crippen molar-refractivity contribution in [2.75, 3.05) is 11.1 Å². The molecule has 0 spiro atoms. The fourth-order valence-electron chi connectivity index (χ4n) is 4.17. The number of nitrogens with zero attached hydrogens (tertiary/aromatic N) is 3. The number of anilines is 1. The van der Waals surface area contributed by atoms with Gasteiger partial charge in [-0.1, -0.05) is 30.3 Å². The van der Waals surface area contributed by atoms with Crippen LogP contribution in [0.2, 0.25) is 0 Å². The molecule has 5 rings (SSSR count). The average Bonchev–Trinajstić information content (AvgIpc) is 3.57. The number of carbonyl (C=O) groups excluding carboxylic acids is 2. The molecule has 2 aromatic heterocycles. The van der Waals surface area contributed by atoms with Gasteiger partial charge in [-0.3, -0.25) is 19.1 Å². The first kappa shape index (κ1) is 22.8. The lowest BCUT2D eigenvalue weighted by molar-refractivity contribution is -0.128. The lowest BCUT2D eigenvalue weighted by atomic mass is 10.1. The Morgan fingerprint density at radius 2 is 1.80 bits per heavy atom. The Morgan fingerprint density at radius 3 is 2.49 bits per heavy atom. The van der Waals surface area contributed by atoms with E-state index in [2.05, 4.69) is 5.32 Å². The van der Waals surface area contributed by atoms with Crippen LogP contribution in [0, 0.1) is 6.92 Å². The molecule has 178 valence electrons. The smallest absolute Gasteiger partial charge is 0.295 e. The van der Waals surface area contributed by atoms with Crippen molar-refractivity contribution in [3.05, 3.63) is 106 Å². The second kappa shape index (κ2) is 9.34. The molecule has 0 radical (unpaired) electrons. The number of hydrogen-bond acceptors (Lipinski definition) is 5. The predicted molar refractivity (Wildman–Crippen MR) is 135 cm³/mol. The van der Waals surface area contributed by atoms with Gasteiger partial charge in [-0.25, -0.2) is 4.68 Å². The van der Waals surface area contributed by atoms with Crippen LogP contribution in [-0.2, 0) is 18.4 Å². The second-order valence-electron chi connectivity index (χ2n) is 8.28. The van der Waals surface area contributed by atoms with Crippen molar-refractivity contribution in [3.8, 4) is 5.69 Å². The lowest BCUT2D eigenvalue weighted by Gasteiger charge is -2.23. The summed E-state index contributed by atoms with van der Waals surface area (Å²) in [6.45, 7) is 2.19. The zero-order valence-corrected chi connectivity index (χ0v) is 20.1. The molecule has 8 nitrogen and oxygen atoms in total. The maximum absolute atomic E-state index is 13.1. The van der Waals surface area contributed by atoms with E-state index in [4.69, 9.17) is 4.42 Å². The highest BCUT2D eigenvalue weighted by molar-refractivity contribution is 8.00. The molecule has 0 saturated carbocycles. The Bertz CT molecular complexity index is 1420. The van der Waals surface area contributed by atoms with Crippen LogP contribution >= 0.6 is 11.8 Å². The molecule has 2 amide bonds. The number of benzene rings is 2. The highest BCUT2D eigenvalue weighted by Crippen LogP contribution is 2.39. The molecule has 2 aromatic carbocycles. The lowest BCUT2D eigenvalue weighted by Crippen LogP contribution is -2.27. The maximum Gasteiger partial charge on any atom is 0.295 e. The summed E-state index contributed by atoms with van der Waals surface area (Å²) in [6, 6.07) is 20.0. The molecule has 3 heterocycles. The minimum atomic E-state index is -0.370. The summed E-state index contributed by atoms with van der Waals surface area (Å²) in [5.74, 6) is 0.799. The van der Waals surface area contributed by atoms with Gasteiger partial charge in [0.05, 0.1) is 29.9 Å². The van der Waals surface area contributed by atoms with Crippen LogP contribution in [-0.4, -0.2) is 31.8 Å². The number of nitrogens with one attached hydrogen (secondary N) is 1. The molecule has 0 aliphatic carbocycles. The Labute approximate surface area is 206 Å². The molecule has 35 heavy (non-hydrogen) atoms. The molecule has 1 atom stereocenters. The molecule has 1 saturated heterocycles. The Kier molecular flexibility index (Phi) is 6.08. The van der Waals surface area contributed by atoms with Crippen LogP contribution in [0.15, 0.2) is 82.2 Å². The van der Waals surface area contributed by atoms with Gasteiger partial charge < -0.3 is 14.6 Å². The summed E-state index contributed by atoms with van der Waals surface area (Å²) >= 11 is 1.54. The summed E-state index contributed by atoms with van der Waals surface area (Å²) < 4.78 is 8.65. The van der Waals surface area contributed by atoms with Crippen LogP contribution in [0.25, 0.3) is 5.69 Å². The van der Waals surface area contributed by atoms with Crippen molar-refractivity contribution in [1.29, 1.82) is 0 Å². The van der Waals surface area contributed by atoms with Gasteiger partial charge in [-0.15, -0.1) is 11.8 Å². The Hall–Kier alpha value is -3.98. The molecule has 0 unspecified atom stereocenters. The maximum atomic E-state index is 13.1. The standard InChI is InChI=1S/C26H24N4O4S/c1-17-23(25(33)30(28(17)2)20-7-4-3-5-8-20)27-24(32)18-10-12-19(13-11-18)26-29(22(31)16-35-26)15-21-9-6-14-34-21/h3-14,26H,15-16H2,1-2H3,(H,27,32)/t26-/m1/s1. The number of carbonyl (C=O) groups is 2. The average molecular weight is 489 g/mol. The van der Waals surface area contributed by atoms with Crippen LogP contribution in [0.1, 0.15) is 32.7 Å². The van der Waals surface area contributed by atoms with Crippen LogP contribution < -0.4 is 10.9 Å². The van der Waals surface area contributed by atoms with Gasteiger partial charge in [-0.2, -0.15) is 0 Å². The van der Waals surface area contributed by atoms with E-state index < -0.39 is 0 Å². The van der Waals surface area contributed by atoms with E-state index in [1.54, 1.807) is 59.8 Å². The third kappa shape index (κ3) is 4.30. The van der Waals surface area contributed by atoms with Gasteiger partial charge in [-0.05, 0) is 48.9 Å². The minimum Gasteiger partial charge on any atom is -0.467 e. The highest BCUT2D eigenvalue weighted by atomic mass is 32.2. The van der Waals surface area contributed by atoms with E-state index in [0.29, 0.717) is 23.6 Å².